The van der Waals surface area contributed by atoms with Gasteiger partial charge in [-0.25, -0.2) is 13.4 Å². The zero-order valence-corrected chi connectivity index (χ0v) is 22.8. The Morgan fingerprint density at radius 1 is 0.919 bits per heavy atom. The van der Waals surface area contributed by atoms with Crippen LogP contribution in [0.3, 0.4) is 0 Å². The van der Waals surface area contributed by atoms with Gasteiger partial charge in [0, 0.05) is 44.6 Å². The van der Waals surface area contributed by atoms with Crippen LogP contribution in [0.25, 0.3) is 11.3 Å². The van der Waals surface area contributed by atoms with E-state index in [9.17, 15) is 8.42 Å². The van der Waals surface area contributed by atoms with Crippen LogP contribution in [0.2, 0.25) is 0 Å². The number of methoxy groups -OCH3 is 1. The van der Waals surface area contributed by atoms with Crippen LogP contribution in [0.4, 0.5) is 5.69 Å². The van der Waals surface area contributed by atoms with Crippen LogP contribution >= 0.6 is 11.3 Å². The Morgan fingerprint density at radius 3 is 2.30 bits per heavy atom. The second kappa shape index (κ2) is 11.9. The SMILES string of the molecule is COc1ccc(N=c2scc(-c3ccc(S(=O)(=O)N4CCCCC4)cc3)n2CCN2CCOCC2)cc1. The molecular formula is C27H34N4O4S2. The molecule has 0 N–H and O–H groups in total. The van der Waals surface area contributed by atoms with Crippen molar-refractivity contribution in [2.45, 2.75) is 30.7 Å². The van der Waals surface area contributed by atoms with Gasteiger partial charge in [0.1, 0.15) is 5.75 Å². The first-order valence-corrected chi connectivity index (χ1v) is 15.1. The first-order chi connectivity index (χ1) is 18.0. The van der Waals surface area contributed by atoms with Crippen LogP contribution in [0.15, 0.2) is 63.8 Å². The van der Waals surface area contributed by atoms with E-state index in [1.165, 1.54) is 0 Å². The number of piperidine rings is 1. The molecule has 2 aliphatic rings. The molecule has 0 spiro atoms. The van der Waals surface area contributed by atoms with Crippen molar-refractivity contribution in [1.82, 2.24) is 13.8 Å². The van der Waals surface area contributed by atoms with Crippen molar-refractivity contribution in [3.63, 3.8) is 0 Å². The Bertz CT molecular complexity index is 1340. The standard InChI is InChI=1S/C27H34N4O4S2/c1-34-24-9-7-23(8-10-24)28-27-31(16-15-29-17-19-35-20-18-29)26(21-36-27)22-5-11-25(12-6-22)37(32,33)30-13-3-2-4-14-30/h5-12,21H,2-4,13-20H2,1H3. The van der Waals surface area contributed by atoms with Gasteiger partial charge in [-0.2, -0.15) is 4.31 Å². The Labute approximate surface area is 222 Å². The molecule has 10 heteroatoms. The number of aromatic nitrogens is 1. The van der Waals surface area contributed by atoms with E-state index in [-0.39, 0.29) is 0 Å². The van der Waals surface area contributed by atoms with Crippen molar-refractivity contribution < 1.29 is 17.9 Å². The van der Waals surface area contributed by atoms with Crippen molar-refractivity contribution in [1.29, 1.82) is 0 Å². The number of ether oxygens (including phenoxy) is 2. The lowest BCUT2D eigenvalue weighted by atomic mass is 10.2. The van der Waals surface area contributed by atoms with Gasteiger partial charge < -0.3 is 14.0 Å². The molecule has 0 atom stereocenters. The number of hydrogen-bond donors (Lipinski definition) is 0. The molecule has 5 rings (SSSR count). The summed E-state index contributed by atoms with van der Waals surface area (Å²) in [4.78, 5) is 8.59. The van der Waals surface area contributed by atoms with E-state index >= 15 is 0 Å². The van der Waals surface area contributed by atoms with Crippen LogP contribution in [0.5, 0.6) is 5.75 Å². The number of morpholine rings is 1. The maximum Gasteiger partial charge on any atom is 0.243 e. The number of nitrogens with zero attached hydrogens (tertiary/aromatic N) is 4. The van der Waals surface area contributed by atoms with E-state index in [1.54, 1.807) is 34.9 Å². The zero-order valence-electron chi connectivity index (χ0n) is 21.2. The highest BCUT2D eigenvalue weighted by Crippen LogP contribution is 2.26. The van der Waals surface area contributed by atoms with E-state index < -0.39 is 10.0 Å². The average molecular weight is 543 g/mol. The molecule has 37 heavy (non-hydrogen) atoms. The van der Waals surface area contributed by atoms with Gasteiger partial charge in [-0.05, 0) is 54.8 Å². The van der Waals surface area contributed by atoms with E-state index in [2.05, 4.69) is 14.8 Å². The molecule has 2 aliphatic heterocycles. The van der Waals surface area contributed by atoms with Crippen LogP contribution in [0.1, 0.15) is 19.3 Å². The molecular weight excluding hydrogens is 508 g/mol. The minimum atomic E-state index is -3.46. The van der Waals surface area contributed by atoms with Crippen LogP contribution in [-0.4, -0.2) is 75.2 Å². The minimum Gasteiger partial charge on any atom is -0.497 e. The third kappa shape index (κ3) is 6.15. The number of rotatable bonds is 8. The lowest BCUT2D eigenvalue weighted by Crippen LogP contribution is -2.39. The predicted molar refractivity (Wildman–Crippen MR) is 146 cm³/mol. The summed E-state index contributed by atoms with van der Waals surface area (Å²) in [6.45, 7) is 6.25. The molecule has 0 aliphatic carbocycles. The lowest BCUT2D eigenvalue weighted by molar-refractivity contribution is 0.0363. The van der Waals surface area contributed by atoms with E-state index in [0.29, 0.717) is 18.0 Å². The molecule has 198 valence electrons. The Kier molecular flexibility index (Phi) is 8.41. The van der Waals surface area contributed by atoms with Gasteiger partial charge in [-0.3, -0.25) is 4.90 Å². The summed E-state index contributed by atoms with van der Waals surface area (Å²) in [5.74, 6) is 0.797. The molecule has 0 bridgehead atoms. The Balaban J connectivity index is 1.45. The summed E-state index contributed by atoms with van der Waals surface area (Å²) >= 11 is 1.59. The summed E-state index contributed by atoms with van der Waals surface area (Å²) < 4.78 is 40.9. The molecule has 1 aromatic heterocycles. The fourth-order valence-corrected chi connectivity index (χ4v) is 7.22. The largest absolute Gasteiger partial charge is 0.497 e. The molecule has 8 nitrogen and oxygen atoms in total. The fourth-order valence-electron chi connectivity index (χ4n) is 4.75. The van der Waals surface area contributed by atoms with Crippen LogP contribution < -0.4 is 9.54 Å². The minimum absolute atomic E-state index is 0.358. The maximum absolute atomic E-state index is 13.1. The molecule has 2 fully saturated rings. The first-order valence-electron chi connectivity index (χ1n) is 12.8. The van der Waals surface area contributed by atoms with Gasteiger partial charge in [0.05, 0.1) is 36.6 Å². The van der Waals surface area contributed by atoms with Gasteiger partial charge in [-0.1, -0.05) is 18.6 Å². The molecule has 2 saturated heterocycles. The molecule has 3 heterocycles. The van der Waals surface area contributed by atoms with E-state index in [4.69, 9.17) is 14.5 Å². The maximum atomic E-state index is 13.1. The molecule has 0 unspecified atom stereocenters. The van der Waals surface area contributed by atoms with Crippen LogP contribution in [-0.2, 0) is 21.3 Å². The van der Waals surface area contributed by atoms with Gasteiger partial charge in [0.15, 0.2) is 4.80 Å². The summed E-state index contributed by atoms with van der Waals surface area (Å²) in [6, 6.07) is 15.0. The highest BCUT2D eigenvalue weighted by Gasteiger charge is 2.26. The highest BCUT2D eigenvalue weighted by atomic mass is 32.2. The van der Waals surface area contributed by atoms with E-state index in [0.717, 1.165) is 86.2 Å². The predicted octanol–water partition coefficient (Wildman–Crippen LogP) is 3.96. The Morgan fingerprint density at radius 2 is 1.62 bits per heavy atom. The van der Waals surface area contributed by atoms with Crippen LogP contribution in [0, 0.1) is 0 Å². The smallest absolute Gasteiger partial charge is 0.243 e. The zero-order chi connectivity index (χ0) is 25.7. The number of sulfonamides is 1. The monoisotopic (exact) mass is 542 g/mol. The Hall–Kier alpha value is -2.50. The van der Waals surface area contributed by atoms with Crippen molar-refractivity contribution in [2.75, 3.05) is 53.0 Å². The fraction of sp³-hybridized carbons (Fsp3) is 0.444. The summed E-state index contributed by atoms with van der Waals surface area (Å²) in [5, 5.41) is 2.11. The third-order valence-corrected chi connectivity index (χ3v) is 9.72. The summed E-state index contributed by atoms with van der Waals surface area (Å²) in [6.07, 6.45) is 2.95. The lowest BCUT2D eigenvalue weighted by Gasteiger charge is -2.27. The second-order valence-corrected chi connectivity index (χ2v) is 12.1. The second-order valence-electron chi connectivity index (χ2n) is 9.31. The molecule has 2 aromatic carbocycles. The van der Waals surface area contributed by atoms with E-state index in [1.807, 2.05) is 36.4 Å². The highest BCUT2D eigenvalue weighted by molar-refractivity contribution is 7.89. The number of benzene rings is 2. The van der Waals surface area contributed by atoms with Gasteiger partial charge >= 0.3 is 0 Å². The molecule has 0 radical (unpaired) electrons. The van der Waals surface area contributed by atoms with Crippen molar-refractivity contribution in [3.05, 3.63) is 58.7 Å². The number of thiazole rings is 1. The summed E-state index contributed by atoms with van der Waals surface area (Å²) in [5.41, 5.74) is 2.87. The average Bonchev–Trinajstić information content (AvgIpc) is 3.35. The van der Waals surface area contributed by atoms with Crippen molar-refractivity contribution in [2.24, 2.45) is 4.99 Å². The molecule has 0 amide bonds. The van der Waals surface area contributed by atoms with Crippen molar-refractivity contribution >= 4 is 27.0 Å². The molecule has 3 aromatic rings. The van der Waals surface area contributed by atoms with Gasteiger partial charge in [0.2, 0.25) is 10.0 Å². The molecule has 0 saturated carbocycles. The first kappa shape index (κ1) is 26.1. The summed E-state index contributed by atoms with van der Waals surface area (Å²) in [7, 11) is -1.80. The quantitative estimate of drug-likeness (QED) is 0.431. The number of hydrogen-bond acceptors (Lipinski definition) is 7. The topological polar surface area (TPSA) is 76.4 Å². The van der Waals surface area contributed by atoms with Gasteiger partial charge in [0.25, 0.3) is 0 Å². The normalized spacial score (nSPS) is 18.2. The van der Waals surface area contributed by atoms with Crippen molar-refractivity contribution in [3.8, 4) is 17.0 Å². The van der Waals surface area contributed by atoms with Gasteiger partial charge in [-0.15, -0.1) is 11.3 Å². The third-order valence-electron chi connectivity index (χ3n) is 6.94.